The molecule has 0 saturated carbocycles. The van der Waals surface area contributed by atoms with Crippen LogP contribution in [0.4, 0.5) is 0 Å². The highest BCUT2D eigenvalue weighted by molar-refractivity contribution is 6.10. The molecule has 3 rings (SSSR count). The molecule has 1 aliphatic carbocycles. The predicted molar refractivity (Wildman–Crippen MR) is 94.3 cm³/mol. The first kappa shape index (κ1) is 16.7. The van der Waals surface area contributed by atoms with Crippen molar-refractivity contribution in [2.24, 2.45) is 0 Å². The Kier molecular flexibility index (Phi) is 5.34. The number of aromatic nitrogens is 1. The highest BCUT2D eigenvalue weighted by Gasteiger charge is 2.25. The second-order valence-corrected chi connectivity index (χ2v) is 6.38. The van der Waals surface area contributed by atoms with Crippen LogP contribution >= 0.6 is 0 Å². The van der Waals surface area contributed by atoms with E-state index in [-0.39, 0.29) is 11.8 Å². The normalized spacial score (nSPS) is 14.0. The van der Waals surface area contributed by atoms with Crippen molar-refractivity contribution >= 4 is 22.7 Å². The van der Waals surface area contributed by atoms with Gasteiger partial charge in [-0.25, -0.2) is 0 Å². The van der Waals surface area contributed by atoms with Gasteiger partial charge in [0, 0.05) is 41.5 Å². The maximum atomic E-state index is 12.4. The molecule has 0 fully saturated rings. The van der Waals surface area contributed by atoms with Gasteiger partial charge in [-0.15, -0.1) is 0 Å². The molecular weight excluding hydrogens is 302 g/mol. The Morgan fingerprint density at radius 1 is 1.17 bits per heavy atom. The molecule has 0 atom stereocenters. The summed E-state index contributed by atoms with van der Waals surface area (Å²) in [6.07, 6.45) is 5.97. The van der Waals surface area contributed by atoms with Crippen molar-refractivity contribution in [3.63, 3.8) is 0 Å². The first-order valence-electron chi connectivity index (χ1n) is 9.01. The Hall–Kier alpha value is -2.10. The fraction of sp³-hybridized carbons (Fsp3) is 0.500. The number of esters is 1. The number of unbranched alkanes of at least 4 members (excludes halogenated alkanes) is 2. The number of ether oxygens (including phenoxy) is 1. The smallest absolute Gasteiger partial charge is 0.305 e. The van der Waals surface area contributed by atoms with Crippen molar-refractivity contribution in [3.8, 4) is 0 Å². The molecule has 0 spiro atoms. The van der Waals surface area contributed by atoms with Crippen LogP contribution in [0.25, 0.3) is 10.9 Å². The monoisotopic (exact) mass is 327 g/mol. The van der Waals surface area contributed by atoms with Crippen LogP contribution in [0.2, 0.25) is 0 Å². The second kappa shape index (κ2) is 7.65. The van der Waals surface area contributed by atoms with Gasteiger partial charge in [0.1, 0.15) is 0 Å². The number of Topliss-reactive ketones (excluding diaryl/α,β-unsaturated/α-hetero) is 1. The lowest BCUT2D eigenvalue weighted by Crippen LogP contribution is -2.13. The average Bonchev–Trinajstić information content (AvgIpc) is 2.90. The fourth-order valence-electron chi connectivity index (χ4n) is 3.67. The number of nitrogens with zero attached hydrogens (tertiary/aromatic N) is 1. The minimum Gasteiger partial charge on any atom is -0.466 e. The summed E-state index contributed by atoms with van der Waals surface area (Å²) in [5.74, 6) is 0.181. The van der Waals surface area contributed by atoms with Gasteiger partial charge in [0.05, 0.1) is 6.61 Å². The van der Waals surface area contributed by atoms with E-state index in [1.54, 1.807) is 0 Å². The number of ketones is 1. The van der Waals surface area contributed by atoms with Crippen LogP contribution in [-0.2, 0) is 22.5 Å². The SMILES string of the molecule is CCOC(=O)CCCCCn1c2c(c3ccccc31)C(=O)CCC2. The predicted octanol–water partition coefficient (Wildman–Crippen LogP) is 4.28. The number of carbonyl (C=O) groups is 2. The summed E-state index contributed by atoms with van der Waals surface area (Å²) in [5, 5.41) is 1.10. The first-order valence-corrected chi connectivity index (χ1v) is 9.01. The van der Waals surface area contributed by atoms with Crippen molar-refractivity contribution in [1.82, 2.24) is 4.57 Å². The third kappa shape index (κ3) is 3.37. The van der Waals surface area contributed by atoms with E-state index in [4.69, 9.17) is 4.74 Å². The highest BCUT2D eigenvalue weighted by Crippen LogP contribution is 2.32. The van der Waals surface area contributed by atoms with Crippen LogP contribution in [-0.4, -0.2) is 22.9 Å². The molecule has 1 aromatic heterocycles. The zero-order chi connectivity index (χ0) is 16.9. The minimum absolute atomic E-state index is 0.105. The third-order valence-electron chi connectivity index (χ3n) is 4.74. The van der Waals surface area contributed by atoms with Crippen molar-refractivity contribution in [2.75, 3.05) is 6.61 Å². The third-order valence-corrected chi connectivity index (χ3v) is 4.74. The maximum absolute atomic E-state index is 12.4. The number of fused-ring (bicyclic) bond motifs is 3. The van der Waals surface area contributed by atoms with Crippen LogP contribution < -0.4 is 0 Å². The summed E-state index contributed by atoms with van der Waals surface area (Å²) < 4.78 is 7.28. The largest absolute Gasteiger partial charge is 0.466 e. The summed E-state index contributed by atoms with van der Waals surface area (Å²) in [7, 11) is 0. The Balaban J connectivity index is 1.69. The molecule has 0 saturated heterocycles. The van der Waals surface area contributed by atoms with E-state index in [1.807, 2.05) is 19.1 Å². The summed E-state index contributed by atoms with van der Waals surface area (Å²) in [4.78, 5) is 23.7. The summed E-state index contributed by atoms with van der Waals surface area (Å²) >= 11 is 0. The van der Waals surface area contributed by atoms with E-state index in [9.17, 15) is 9.59 Å². The Morgan fingerprint density at radius 3 is 2.83 bits per heavy atom. The Bertz CT molecular complexity index is 745. The Labute approximate surface area is 142 Å². The molecule has 0 amide bonds. The van der Waals surface area contributed by atoms with E-state index in [0.717, 1.165) is 49.6 Å². The highest BCUT2D eigenvalue weighted by atomic mass is 16.5. The lowest BCUT2D eigenvalue weighted by atomic mass is 9.94. The molecular formula is C20H25NO3. The van der Waals surface area contributed by atoms with E-state index < -0.39 is 0 Å². The van der Waals surface area contributed by atoms with Gasteiger partial charge in [0.25, 0.3) is 0 Å². The van der Waals surface area contributed by atoms with E-state index in [0.29, 0.717) is 19.4 Å². The van der Waals surface area contributed by atoms with Gasteiger partial charge in [-0.3, -0.25) is 9.59 Å². The molecule has 1 aliphatic rings. The molecule has 4 nitrogen and oxygen atoms in total. The van der Waals surface area contributed by atoms with Crippen molar-refractivity contribution < 1.29 is 14.3 Å². The molecule has 24 heavy (non-hydrogen) atoms. The maximum Gasteiger partial charge on any atom is 0.305 e. The van der Waals surface area contributed by atoms with E-state index in [1.165, 1.54) is 11.2 Å². The van der Waals surface area contributed by atoms with Gasteiger partial charge in [-0.2, -0.15) is 0 Å². The average molecular weight is 327 g/mol. The van der Waals surface area contributed by atoms with Crippen LogP contribution in [0.1, 0.15) is 61.5 Å². The minimum atomic E-state index is -0.105. The molecule has 4 heteroatoms. The standard InChI is InChI=1S/C20H25NO3/c1-2-24-19(23)13-4-3-7-14-21-16-10-6-5-9-15(16)20-17(21)11-8-12-18(20)22/h5-6,9-10H,2-4,7-8,11-14H2,1H3. The topological polar surface area (TPSA) is 48.3 Å². The number of rotatable bonds is 7. The number of carbonyl (C=O) groups excluding carboxylic acids is 2. The van der Waals surface area contributed by atoms with Crippen molar-refractivity contribution in [2.45, 2.75) is 58.4 Å². The van der Waals surface area contributed by atoms with Gasteiger partial charge in [-0.1, -0.05) is 24.6 Å². The van der Waals surface area contributed by atoms with Gasteiger partial charge in [0.15, 0.2) is 5.78 Å². The summed E-state index contributed by atoms with van der Waals surface area (Å²) in [5.41, 5.74) is 3.32. The number of hydrogen-bond acceptors (Lipinski definition) is 3. The number of para-hydroxylation sites is 1. The van der Waals surface area contributed by atoms with Crippen LogP contribution in [0.5, 0.6) is 0 Å². The van der Waals surface area contributed by atoms with Crippen LogP contribution in [0.15, 0.2) is 24.3 Å². The van der Waals surface area contributed by atoms with Crippen LogP contribution in [0, 0.1) is 0 Å². The molecule has 1 aromatic carbocycles. The van der Waals surface area contributed by atoms with Gasteiger partial charge >= 0.3 is 5.97 Å². The zero-order valence-electron chi connectivity index (χ0n) is 14.3. The molecule has 0 radical (unpaired) electrons. The molecule has 0 bridgehead atoms. The zero-order valence-corrected chi connectivity index (χ0v) is 14.3. The number of hydrogen-bond donors (Lipinski definition) is 0. The van der Waals surface area contributed by atoms with Gasteiger partial charge < -0.3 is 9.30 Å². The van der Waals surface area contributed by atoms with Gasteiger partial charge in [0.2, 0.25) is 0 Å². The molecule has 2 aromatic rings. The van der Waals surface area contributed by atoms with Crippen LogP contribution in [0.3, 0.4) is 0 Å². The second-order valence-electron chi connectivity index (χ2n) is 6.38. The number of benzene rings is 1. The van der Waals surface area contributed by atoms with Crippen molar-refractivity contribution in [1.29, 1.82) is 0 Å². The quantitative estimate of drug-likeness (QED) is 0.563. The molecule has 1 heterocycles. The lowest BCUT2D eigenvalue weighted by Gasteiger charge is -2.15. The van der Waals surface area contributed by atoms with Gasteiger partial charge in [-0.05, 0) is 38.7 Å². The van der Waals surface area contributed by atoms with E-state index in [2.05, 4.69) is 16.7 Å². The molecule has 128 valence electrons. The molecule has 0 aliphatic heterocycles. The van der Waals surface area contributed by atoms with Crippen molar-refractivity contribution in [3.05, 3.63) is 35.5 Å². The molecule has 0 unspecified atom stereocenters. The molecule has 0 N–H and O–H groups in total. The summed E-state index contributed by atoms with van der Waals surface area (Å²) in [6.45, 7) is 3.19. The Morgan fingerprint density at radius 2 is 2.00 bits per heavy atom. The number of aryl methyl sites for hydroxylation is 1. The first-order chi connectivity index (χ1) is 11.7. The van der Waals surface area contributed by atoms with E-state index >= 15 is 0 Å². The summed E-state index contributed by atoms with van der Waals surface area (Å²) in [6, 6.07) is 8.22. The fourth-order valence-corrected chi connectivity index (χ4v) is 3.67. The lowest BCUT2D eigenvalue weighted by molar-refractivity contribution is -0.143.